The van der Waals surface area contributed by atoms with E-state index in [1.54, 1.807) is 24.3 Å². The molecule has 7 heteroatoms. The topological polar surface area (TPSA) is 77.5 Å². The Labute approximate surface area is 181 Å². The lowest BCUT2D eigenvalue weighted by Gasteiger charge is -1.98. The van der Waals surface area contributed by atoms with E-state index in [-0.39, 0.29) is 11.3 Å². The number of furan rings is 1. The fraction of sp³-hybridized carbons (Fsp3) is 0.0833. The average molecular weight is 427 g/mol. The number of hydrogen-bond donors (Lipinski definition) is 0. The molecule has 5 rings (SSSR count). The minimum absolute atomic E-state index is 0.0184. The highest BCUT2D eigenvalue weighted by atomic mass is 32.1. The van der Waals surface area contributed by atoms with E-state index in [4.69, 9.17) is 4.42 Å². The SMILES string of the molecule is CC(=O)c1ccc(-c2ccc(/C=c3\sc4nc(-c5ccc(C)cc5)nn4c3=O)o2)cc1. The molecule has 3 aromatic heterocycles. The number of ketones is 1. The number of benzene rings is 2. The first-order chi connectivity index (χ1) is 15.0. The molecule has 0 spiro atoms. The summed E-state index contributed by atoms with van der Waals surface area (Å²) in [5.74, 6) is 1.77. The van der Waals surface area contributed by atoms with Crippen molar-refractivity contribution in [2.24, 2.45) is 0 Å². The summed E-state index contributed by atoms with van der Waals surface area (Å²) < 4.78 is 7.71. The lowest BCUT2D eigenvalue weighted by molar-refractivity contribution is 0.101. The van der Waals surface area contributed by atoms with Gasteiger partial charge in [-0.3, -0.25) is 9.59 Å². The molecular weight excluding hydrogens is 410 g/mol. The lowest BCUT2D eigenvalue weighted by Crippen LogP contribution is -2.23. The number of Topliss-reactive ketones (excluding diaryl/α,β-unsaturated/α-hetero) is 1. The summed E-state index contributed by atoms with van der Waals surface area (Å²) in [5, 5.41) is 4.38. The number of hydrogen-bond acceptors (Lipinski definition) is 6. The van der Waals surface area contributed by atoms with Crippen molar-refractivity contribution in [1.82, 2.24) is 14.6 Å². The van der Waals surface area contributed by atoms with Crippen molar-refractivity contribution in [3.63, 3.8) is 0 Å². The largest absolute Gasteiger partial charge is 0.457 e. The highest BCUT2D eigenvalue weighted by Crippen LogP contribution is 2.23. The van der Waals surface area contributed by atoms with E-state index in [0.717, 1.165) is 16.7 Å². The number of thiazole rings is 1. The Bertz CT molecular complexity index is 1520. The van der Waals surface area contributed by atoms with Crippen molar-refractivity contribution < 1.29 is 9.21 Å². The van der Waals surface area contributed by atoms with Crippen LogP contribution in [0.5, 0.6) is 0 Å². The standard InChI is InChI=1S/C24H17N3O3S/c1-14-3-5-18(6-4-14)22-25-24-27(26-22)23(29)21(31-24)13-19-11-12-20(30-19)17-9-7-16(8-10-17)15(2)28/h3-13H,1-2H3/b21-13-. The third-order valence-electron chi connectivity index (χ3n) is 4.97. The van der Waals surface area contributed by atoms with Crippen LogP contribution in [-0.4, -0.2) is 20.4 Å². The summed E-state index contributed by atoms with van der Waals surface area (Å²) in [6, 6.07) is 18.7. The van der Waals surface area contributed by atoms with Crippen molar-refractivity contribution in [3.8, 4) is 22.7 Å². The van der Waals surface area contributed by atoms with Crippen LogP contribution in [-0.2, 0) is 0 Å². The molecule has 0 aliphatic carbocycles. The predicted octanol–water partition coefficient (Wildman–Crippen LogP) is 4.14. The van der Waals surface area contributed by atoms with Gasteiger partial charge in [-0.2, -0.15) is 9.50 Å². The molecule has 0 unspecified atom stereocenters. The summed E-state index contributed by atoms with van der Waals surface area (Å²) >= 11 is 1.27. The van der Waals surface area contributed by atoms with Gasteiger partial charge in [-0.25, -0.2) is 0 Å². The smallest absolute Gasteiger partial charge is 0.291 e. The average Bonchev–Trinajstić information content (AvgIpc) is 3.47. The first-order valence-corrected chi connectivity index (χ1v) is 10.5. The molecule has 0 amide bonds. The van der Waals surface area contributed by atoms with Crippen LogP contribution < -0.4 is 10.1 Å². The third-order valence-corrected chi connectivity index (χ3v) is 5.93. The van der Waals surface area contributed by atoms with Gasteiger partial charge in [-0.05, 0) is 26.0 Å². The predicted molar refractivity (Wildman–Crippen MR) is 120 cm³/mol. The molecule has 0 saturated carbocycles. The van der Waals surface area contributed by atoms with Gasteiger partial charge in [0.1, 0.15) is 16.1 Å². The highest BCUT2D eigenvalue weighted by molar-refractivity contribution is 7.15. The van der Waals surface area contributed by atoms with Gasteiger partial charge in [-0.1, -0.05) is 65.4 Å². The van der Waals surface area contributed by atoms with Crippen molar-refractivity contribution in [1.29, 1.82) is 0 Å². The number of carbonyl (C=O) groups is 1. The maximum atomic E-state index is 12.8. The van der Waals surface area contributed by atoms with Gasteiger partial charge in [0, 0.05) is 22.8 Å². The second-order valence-corrected chi connectivity index (χ2v) is 8.26. The van der Waals surface area contributed by atoms with Crippen molar-refractivity contribution in [3.05, 3.63) is 92.4 Å². The summed E-state index contributed by atoms with van der Waals surface area (Å²) in [4.78, 5) is 29.2. The van der Waals surface area contributed by atoms with E-state index in [9.17, 15) is 9.59 Å². The number of carbonyl (C=O) groups excluding carboxylic acids is 1. The van der Waals surface area contributed by atoms with Crippen LogP contribution in [0.15, 0.2) is 69.9 Å². The fourth-order valence-electron chi connectivity index (χ4n) is 3.24. The minimum atomic E-state index is -0.227. The van der Waals surface area contributed by atoms with Gasteiger partial charge in [0.15, 0.2) is 11.6 Å². The van der Waals surface area contributed by atoms with Crippen LogP contribution in [0.2, 0.25) is 0 Å². The highest BCUT2D eigenvalue weighted by Gasteiger charge is 2.12. The molecule has 3 heterocycles. The summed E-state index contributed by atoms with van der Waals surface area (Å²) in [5.41, 5.74) is 3.31. The summed E-state index contributed by atoms with van der Waals surface area (Å²) in [6.07, 6.45) is 1.70. The molecule has 0 aliphatic heterocycles. The van der Waals surface area contributed by atoms with Crippen LogP contribution in [0.4, 0.5) is 0 Å². The van der Waals surface area contributed by atoms with Gasteiger partial charge < -0.3 is 4.42 Å². The van der Waals surface area contributed by atoms with Crippen molar-refractivity contribution in [2.75, 3.05) is 0 Å². The van der Waals surface area contributed by atoms with Crippen LogP contribution in [0.3, 0.4) is 0 Å². The second kappa shape index (κ2) is 7.45. The quantitative estimate of drug-likeness (QED) is 0.403. The zero-order valence-corrected chi connectivity index (χ0v) is 17.6. The second-order valence-electron chi connectivity index (χ2n) is 7.25. The number of aryl methyl sites for hydroxylation is 1. The van der Waals surface area contributed by atoms with Crippen LogP contribution in [0.1, 0.15) is 28.6 Å². The lowest BCUT2D eigenvalue weighted by atomic mass is 10.1. The van der Waals surface area contributed by atoms with Crippen molar-refractivity contribution in [2.45, 2.75) is 13.8 Å². The number of aromatic nitrogens is 3. The van der Waals surface area contributed by atoms with E-state index < -0.39 is 0 Å². The third kappa shape index (κ3) is 3.60. The molecule has 0 fully saturated rings. The molecule has 6 nitrogen and oxygen atoms in total. The van der Waals surface area contributed by atoms with E-state index >= 15 is 0 Å². The maximum Gasteiger partial charge on any atom is 0.291 e. The molecule has 0 N–H and O–H groups in total. The number of rotatable bonds is 4. The molecular formula is C24H17N3O3S. The van der Waals surface area contributed by atoms with Crippen molar-refractivity contribution >= 4 is 28.2 Å². The van der Waals surface area contributed by atoms with Gasteiger partial charge in [0.2, 0.25) is 4.96 Å². The normalized spacial score (nSPS) is 12.0. The number of fused-ring (bicyclic) bond motifs is 1. The molecule has 0 bridgehead atoms. The summed E-state index contributed by atoms with van der Waals surface area (Å²) in [6.45, 7) is 3.55. The molecule has 0 atom stereocenters. The van der Waals surface area contributed by atoms with Crippen LogP contribution in [0, 0.1) is 6.92 Å². The van der Waals surface area contributed by atoms with Crippen LogP contribution in [0.25, 0.3) is 33.7 Å². The Morgan fingerprint density at radius 2 is 1.71 bits per heavy atom. The molecule has 0 aliphatic rings. The van der Waals surface area contributed by atoms with E-state index in [0.29, 0.717) is 32.4 Å². The van der Waals surface area contributed by atoms with E-state index in [1.165, 1.54) is 22.8 Å². The Balaban J connectivity index is 1.47. The first kappa shape index (κ1) is 19.1. The molecule has 0 radical (unpaired) electrons. The van der Waals surface area contributed by atoms with E-state index in [2.05, 4.69) is 10.1 Å². The molecule has 0 saturated heterocycles. The zero-order valence-electron chi connectivity index (χ0n) is 16.8. The Morgan fingerprint density at radius 1 is 1.00 bits per heavy atom. The van der Waals surface area contributed by atoms with Gasteiger partial charge in [0.05, 0.1) is 0 Å². The summed E-state index contributed by atoms with van der Waals surface area (Å²) in [7, 11) is 0. The first-order valence-electron chi connectivity index (χ1n) is 9.67. The van der Waals surface area contributed by atoms with Gasteiger partial charge >= 0.3 is 0 Å². The maximum absolute atomic E-state index is 12.8. The zero-order chi connectivity index (χ0) is 21.5. The molecule has 152 valence electrons. The van der Waals surface area contributed by atoms with Gasteiger partial charge in [-0.15, -0.1) is 5.10 Å². The molecule has 5 aromatic rings. The molecule has 31 heavy (non-hydrogen) atoms. The fourth-order valence-corrected chi connectivity index (χ4v) is 4.13. The van der Waals surface area contributed by atoms with Crippen LogP contribution >= 0.6 is 11.3 Å². The molecule has 2 aromatic carbocycles. The Hall–Kier alpha value is -3.84. The monoisotopic (exact) mass is 427 g/mol. The number of nitrogens with zero attached hydrogens (tertiary/aromatic N) is 3. The van der Waals surface area contributed by atoms with Gasteiger partial charge in [0.25, 0.3) is 5.56 Å². The van der Waals surface area contributed by atoms with E-state index in [1.807, 2.05) is 49.4 Å². The minimum Gasteiger partial charge on any atom is -0.457 e. The Morgan fingerprint density at radius 3 is 2.39 bits per heavy atom. The Kier molecular flexibility index (Phi) is 4.60.